The van der Waals surface area contributed by atoms with Gasteiger partial charge in [-0.2, -0.15) is 0 Å². The van der Waals surface area contributed by atoms with Gasteiger partial charge in [0.25, 0.3) is 0 Å². The Balaban J connectivity index is -0.000000507. The van der Waals surface area contributed by atoms with Crippen molar-refractivity contribution >= 4 is 11.9 Å². The smallest absolute Gasteiger partial charge is 0.317 e. The molecule has 0 spiro atoms. The Kier molecular flexibility index (Phi) is 39.1. The van der Waals surface area contributed by atoms with Gasteiger partial charge in [0.15, 0.2) is 5.92 Å². The van der Waals surface area contributed by atoms with Crippen LogP contribution in [0.25, 0.3) is 0 Å². The van der Waals surface area contributed by atoms with Crippen molar-refractivity contribution in [2.45, 2.75) is 71.1 Å². The van der Waals surface area contributed by atoms with Gasteiger partial charge in [-0.05, 0) is 6.42 Å². The topological polar surface area (TPSA) is 136 Å². The van der Waals surface area contributed by atoms with Crippen molar-refractivity contribution in [3.8, 4) is 0 Å². The molecule has 0 aromatic rings. The molecule has 0 aromatic carbocycles. The predicted octanol–water partition coefficient (Wildman–Crippen LogP) is 3.43. The van der Waals surface area contributed by atoms with Crippen LogP contribution in [0.2, 0.25) is 0 Å². The number of methoxy groups -OCH3 is 4. The normalized spacial score (nSPS) is 10.4. The highest BCUT2D eigenvalue weighted by Gasteiger charge is 2.24. The highest BCUT2D eigenvalue weighted by Crippen LogP contribution is 2.14. The summed E-state index contributed by atoms with van der Waals surface area (Å²) in [6.45, 7) is 8.88. The zero-order chi connectivity index (χ0) is 27.7. The number of hydrogen-bond acceptors (Lipinski definition) is 8. The molecule has 0 aliphatic carbocycles. The van der Waals surface area contributed by atoms with E-state index in [1.807, 2.05) is 0 Å². The number of hydrogen-bond donors (Lipinski definition) is 4. The van der Waals surface area contributed by atoms with Gasteiger partial charge in [-0.15, -0.1) is 0 Å². The zero-order valence-corrected chi connectivity index (χ0v) is 23.6. The highest BCUT2D eigenvalue weighted by atomic mass is 16.5. The molecule has 0 aliphatic rings. The predicted molar refractivity (Wildman–Crippen MR) is 144 cm³/mol. The average Bonchev–Trinajstić information content (AvgIpc) is 2.85. The lowest BCUT2D eigenvalue weighted by molar-refractivity contribution is -0.154. The Morgan fingerprint density at radius 2 is 0.889 bits per heavy atom. The molecule has 0 unspecified atom stereocenters. The lowest BCUT2D eigenvalue weighted by Gasteiger charge is -2.06. The molecule has 218 valence electrons. The summed E-state index contributed by atoms with van der Waals surface area (Å²) in [6.07, 6.45) is 10.5. The molecule has 0 atom stereocenters. The van der Waals surface area contributed by atoms with E-state index in [0.29, 0.717) is 6.42 Å². The van der Waals surface area contributed by atoms with E-state index in [2.05, 4.69) is 17.6 Å². The molecule has 4 N–H and O–H groups in total. The number of unbranched alkanes of at least 4 members (excludes halogenated alkanes) is 8. The maximum Gasteiger partial charge on any atom is 0.317 e. The summed E-state index contributed by atoms with van der Waals surface area (Å²) in [6, 6.07) is 0. The monoisotopic (exact) mass is 524 g/mol. The third-order valence-corrected chi connectivity index (χ3v) is 5.12. The lowest BCUT2D eigenvalue weighted by atomic mass is 10.00. The standard InChI is InChI=1S/C14H26O4.2C6H15NO2/c1-2-3-4-5-6-7-8-9-10-11-12(13(15)16)14(17)18;2*1-8-5-3-7-4-6-9-2/h12H,2-11H2,1H3,(H,15,16)(H,17,18);2*7H,3-6H2,1-2H3. The van der Waals surface area contributed by atoms with Crippen LogP contribution in [0, 0.1) is 5.92 Å². The number of carbonyl (C=O) groups is 2. The molecule has 0 bridgehead atoms. The molecule has 0 radical (unpaired) electrons. The summed E-state index contributed by atoms with van der Waals surface area (Å²) in [5.41, 5.74) is 0. The fourth-order valence-electron chi connectivity index (χ4n) is 2.96. The first-order chi connectivity index (χ1) is 17.4. The van der Waals surface area contributed by atoms with Gasteiger partial charge in [-0.25, -0.2) is 0 Å². The summed E-state index contributed by atoms with van der Waals surface area (Å²) in [5, 5.41) is 23.6. The van der Waals surface area contributed by atoms with Crippen LogP contribution in [0.5, 0.6) is 0 Å². The minimum Gasteiger partial charge on any atom is -0.481 e. The Bertz CT molecular complexity index is 402. The number of ether oxygens (including phenoxy) is 4. The number of aliphatic carboxylic acids is 2. The van der Waals surface area contributed by atoms with Crippen LogP contribution in [0.1, 0.15) is 71.1 Å². The van der Waals surface area contributed by atoms with Crippen LogP contribution in [-0.2, 0) is 28.5 Å². The lowest BCUT2D eigenvalue weighted by Crippen LogP contribution is -2.23. The SMILES string of the molecule is CCCCCCCCCCCC(C(=O)O)C(=O)O.COCCNCCOC.COCCNCCOC. The molecule has 36 heavy (non-hydrogen) atoms. The maximum absolute atomic E-state index is 10.6. The minimum absolute atomic E-state index is 0.250. The van der Waals surface area contributed by atoms with Crippen molar-refractivity contribution in [2.75, 3.05) is 81.0 Å². The Hall–Kier alpha value is -1.30. The van der Waals surface area contributed by atoms with E-state index in [0.717, 1.165) is 65.4 Å². The minimum atomic E-state index is -1.23. The van der Waals surface area contributed by atoms with Gasteiger partial charge in [-0.3, -0.25) is 9.59 Å². The summed E-state index contributed by atoms with van der Waals surface area (Å²) >= 11 is 0. The van der Waals surface area contributed by atoms with Crippen LogP contribution in [0.4, 0.5) is 0 Å². The van der Waals surface area contributed by atoms with E-state index >= 15 is 0 Å². The van der Waals surface area contributed by atoms with Crippen molar-refractivity contribution in [3.63, 3.8) is 0 Å². The van der Waals surface area contributed by atoms with Crippen LogP contribution in [0.15, 0.2) is 0 Å². The molecule has 0 heterocycles. The summed E-state index contributed by atoms with van der Waals surface area (Å²) < 4.78 is 19.3. The zero-order valence-electron chi connectivity index (χ0n) is 23.6. The van der Waals surface area contributed by atoms with Crippen LogP contribution in [-0.4, -0.2) is 103 Å². The summed E-state index contributed by atoms with van der Waals surface area (Å²) in [7, 11) is 6.77. The quantitative estimate of drug-likeness (QED) is 0.110. The van der Waals surface area contributed by atoms with Crippen molar-refractivity contribution in [1.29, 1.82) is 0 Å². The molecule has 0 saturated heterocycles. The van der Waals surface area contributed by atoms with E-state index in [4.69, 9.17) is 29.2 Å². The van der Waals surface area contributed by atoms with Crippen molar-refractivity contribution in [2.24, 2.45) is 5.92 Å². The highest BCUT2D eigenvalue weighted by molar-refractivity contribution is 5.92. The molecule has 0 rings (SSSR count). The molecule has 0 aliphatic heterocycles. The van der Waals surface area contributed by atoms with Gasteiger partial charge >= 0.3 is 11.9 Å². The van der Waals surface area contributed by atoms with Crippen molar-refractivity contribution < 1.29 is 38.7 Å². The fourth-order valence-corrected chi connectivity index (χ4v) is 2.96. The Morgan fingerprint density at radius 3 is 1.17 bits per heavy atom. The molecule has 0 amide bonds. The molecular weight excluding hydrogens is 468 g/mol. The van der Waals surface area contributed by atoms with Crippen LogP contribution >= 0.6 is 0 Å². The van der Waals surface area contributed by atoms with Gasteiger partial charge in [0, 0.05) is 54.6 Å². The van der Waals surface area contributed by atoms with Gasteiger partial charge in [0.1, 0.15) is 0 Å². The van der Waals surface area contributed by atoms with Gasteiger partial charge < -0.3 is 39.8 Å². The van der Waals surface area contributed by atoms with E-state index in [-0.39, 0.29) is 6.42 Å². The first-order valence-electron chi connectivity index (χ1n) is 13.3. The van der Waals surface area contributed by atoms with Gasteiger partial charge in [0.2, 0.25) is 0 Å². The molecule has 0 saturated carbocycles. The molecule has 10 heteroatoms. The summed E-state index contributed by atoms with van der Waals surface area (Å²) in [5.74, 6) is -3.67. The second-order valence-corrected chi connectivity index (χ2v) is 8.32. The van der Waals surface area contributed by atoms with Crippen LogP contribution in [0.3, 0.4) is 0 Å². The summed E-state index contributed by atoms with van der Waals surface area (Å²) in [4.78, 5) is 21.3. The second-order valence-electron chi connectivity index (χ2n) is 8.32. The van der Waals surface area contributed by atoms with Gasteiger partial charge in [-0.1, -0.05) is 64.7 Å². The van der Waals surface area contributed by atoms with Crippen LogP contribution < -0.4 is 10.6 Å². The molecule has 0 aromatic heterocycles. The molecule has 10 nitrogen and oxygen atoms in total. The molecular formula is C26H56N2O8. The van der Waals surface area contributed by atoms with E-state index in [1.54, 1.807) is 28.4 Å². The van der Waals surface area contributed by atoms with Crippen molar-refractivity contribution in [1.82, 2.24) is 10.6 Å². The maximum atomic E-state index is 10.6. The van der Waals surface area contributed by atoms with E-state index in [9.17, 15) is 9.59 Å². The largest absolute Gasteiger partial charge is 0.481 e. The fraction of sp³-hybridized carbons (Fsp3) is 0.923. The Labute approximate surface area is 219 Å². The van der Waals surface area contributed by atoms with Crippen molar-refractivity contribution in [3.05, 3.63) is 0 Å². The number of nitrogens with one attached hydrogen (secondary N) is 2. The third kappa shape index (κ3) is 37.3. The average molecular weight is 525 g/mol. The van der Waals surface area contributed by atoms with Gasteiger partial charge in [0.05, 0.1) is 26.4 Å². The number of rotatable bonds is 24. The van der Waals surface area contributed by atoms with E-state index < -0.39 is 17.9 Å². The van der Waals surface area contributed by atoms with E-state index in [1.165, 1.54) is 38.5 Å². The first-order valence-corrected chi connectivity index (χ1v) is 13.3. The Morgan fingerprint density at radius 1 is 0.583 bits per heavy atom. The third-order valence-electron chi connectivity index (χ3n) is 5.12. The number of carboxylic acids is 2. The first kappa shape index (κ1) is 39.2. The number of carboxylic acid groups (broad SMARTS) is 2. The second kappa shape index (κ2) is 35.9. The molecule has 0 fully saturated rings.